The number of benzene rings is 1. The summed E-state index contributed by atoms with van der Waals surface area (Å²) in [5, 5.41) is 9.43. The van der Waals surface area contributed by atoms with Gasteiger partial charge in [-0.15, -0.1) is 0 Å². The summed E-state index contributed by atoms with van der Waals surface area (Å²) in [5.41, 5.74) is 2.54. The number of carboxylic acid groups (broad SMARTS) is 1. The second-order valence-electron chi connectivity index (χ2n) is 4.82. The Kier molecular flexibility index (Phi) is 2.56. The molecule has 1 atom stereocenters. The van der Waals surface area contributed by atoms with Gasteiger partial charge >= 0.3 is 5.97 Å². The van der Waals surface area contributed by atoms with Crippen LogP contribution in [-0.4, -0.2) is 39.0 Å². The molecule has 18 heavy (non-hydrogen) atoms. The number of carboxylic acids is 1. The summed E-state index contributed by atoms with van der Waals surface area (Å²) >= 11 is 0. The van der Waals surface area contributed by atoms with Crippen molar-refractivity contribution in [2.75, 3.05) is 7.05 Å². The van der Waals surface area contributed by atoms with Crippen LogP contribution in [0.15, 0.2) is 24.5 Å². The standard InChI is InChI=1S/C13H15N3O2/c1-16(9-3-4-9)12(13(17)18)8-2-5-10-11(6-8)15-7-14-10/h2,5-7,9,12H,3-4H2,1H3,(H,14,15)(H,17,18). The number of carbonyl (C=O) groups is 1. The first-order valence-corrected chi connectivity index (χ1v) is 6.04. The average Bonchev–Trinajstić information content (AvgIpc) is 3.08. The summed E-state index contributed by atoms with van der Waals surface area (Å²) in [5.74, 6) is -0.803. The highest BCUT2D eigenvalue weighted by atomic mass is 16.4. The number of hydrogen-bond acceptors (Lipinski definition) is 3. The van der Waals surface area contributed by atoms with Gasteiger partial charge in [0.2, 0.25) is 0 Å². The third-order valence-corrected chi connectivity index (χ3v) is 3.52. The molecular weight excluding hydrogens is 230 g/mol. The van der Waals surface area contributed by atoms with Crippen molar-refractivity contribution in [3.8, 4) is 0 Å². The van der Waals surface area contributed by atoms with Gasteiger partial charge in [0.05, 0.1) is 17.4 Å². The van der Waals surface area contributed by atoms with Crippen LogP contribution in [0.1, 0.15) is 24.4 Å². The summed E-state index contributed by atoms with van der Waals surface area (Å²) < 4.78 is 0. The maximum atomic E-state index is 11.5. The Labute approximate surface area is 104 Å². The molecule has 2 N–H and O–H groups in total. The van der Waals surface area contributed by atoms with Crippen LogP contribution in [0.25, 0.3) is 11.0 Å². The molecular formula is C13H15N3O2. The van der Waals surface area contributed by atoms with E-state index in [1.54, 1.807) is 6.33 Å². The quantitative estimate of drug-likeness (QED) is 0.861. The van der Waals surface area contributed by atoms with E-state index >= 15 is 0 Å². The van der Waals surface area contributed by atoms with Crippen molar-refractivity contribution < 1.29 is 9.90 Å². The number of aliphatic carboxylic acids is 1. The number of aromatic nitrogens is 2. The Morgan fingerprint density at radius 1 is 1.56 bits per heavy atom. The molecule has 1 heterocycles. The van der Waals surface area contributed by atoms with Crippen LogP contribution in [0.4, 0.5) is 0 Å². The number of fused-ring (bicyclic) bond motifs is 1. The Hall–Kier alpha value is -1.88. The largest absolute Gasteiger partial charge is 0.480 e. The maximum absolute atomic E-state index is 11.5. The molecule has 1 saturated carbocycles. The maximum Gasteiger partial charge on any atom is 0.325 e. The second kappa shape index (κ2) is 4.10. The minimum absolute atomic E-state index is 0.406. The molecule has 5 heteroatoms. The lowest BCUT2D eigenvalue weighted by Crippen LogP contribution is -2.32. The van der Waals surface area contributed by atoms with Crippen LogP contribution < -0.4 is 0 Å². The monoisotopic (exact) mass is 245 g/mol. The molecule has 5 nitrogen and oxygen atoms in total. The van der Waals surface area contributed by atoms with E-state index in [1.165, 1.54) is 0 Å². The zero-order valence-corrected chi connectivity index (χ0v) is 10.1. The third kappa shape index (κ3) is 1.86. The molecule has 0 bridgehead atoms. The number of likely N-dealkylation sites (N-methyl/N-ethyl adjacent to an activating group) is 1. The minimum Gasteiger partial charge on any atom is -0.480 e. The van der Waals surface area contributed by atoms with Crippen LogP contribution in [0, 0.1) is 0 Å². The van der Waals surface area contributed by atoms with Crippen molar-refractivity contribution in [2.24, 2.45) is 0 Å². The fourth-order valence-electron chi connectivity index (χ4n) is 2.37. The first kappa shape index (κ1) is 11.2. The first-order valence-electron chi connectivity index (χ1n) is 6.04. The number of H-pyrrole nitrogens is 1. The smallest absolute Gasteiger partial charge is 0.325 e. The van der Waals surface area contributed by atoms with E-state index in [0.717, 1.165) is 29.4 Å². The molecule has 1 aliphatic rings. The van der Waals surface area contributed by atoms with Crippen LogP contribution in [0.2, 0.25) is 0 Å². The molecule has 0 amide bonds. The molecule has 3 rings (SSSR count). The Morgan fingerprint density at radius 2 is 2.33 bits per heavy atom. The summed E-state index contributed by atoms with van der Waals surface area (Å²) in [6.07, 6.45) is 3.80. The van der Waals surface area contributed by atoms with Crippen molar-refractivity contribution >= 4 is 17.0 Å². The average molecular weight is 245 g/mol. The molecule has 0 radical (unpaired) electrons. The zero-order chi connectivity index (χ0) is 12.7. The van der Waals surface area contributed by atoms with Crippen LogP contribution in [0.3, 0.4) is 0 Å². The Balaban J connectivity index is 1.99. The molecule has 1 fully saturated rings. The third-order valence-electron chi connectivity index (χ3n) is 3.52. The van der Waals surface area contributed by atoms with Crippen molar-refractivity contribution in [1.82, 2.24) is 14.9 Å². The summed E-state index contributed by atoms with van der Waals surface area (Å²) in [4.78, 5) is 20.6. The lowest BCUT2D eigenvalue weighted by Gasteiger charge is -2.24. The molecule has 1 aromatic carbocycles. The van der Waals surface area contributed by atoms with E-state index in [2.05, 4.69) is 9.97 Å². The predicted octanol–water partition coefficient (Wildman–Crippen LogP) is 1.78. The normalized spacial score (nSPS) is 17.2. The van der Waals surface area contributed by atoms with Crippen LogP contribution >= 0.6 is 0 Å². The van der Waals surface area contributed by atoms with E-state index in [9.17, 15) is 9.90 Å². The van der Waals surface area contributed by atoms with Crippen molar-refractivity contribution in [3.05, 3.63) is 30.1 Å². The number of imidazole rings is 1. The van der Waals surface area contributed by atoms with E-state index in [0.29, 0.717) is 6.04 Å². The molecule has 1 aliphatic carbocycles. The van der Waals surface area contributed by atoms with Gasteiger partial charge in [-0.2, -0.15) is 0 Å². The fraction of sp³-hybridized carbons (Fsp3) is 0.385. The SMILES string of the molecule is CN(C1CC1)C(C(=O)O)c1ccc2nc[nH]c2c1. The van der Waals surface area contributed by atoms with Gasteiger partial charge in [-0.25, -0.2) is 4.98 Å². The van der Waals surface area contributed by atoms with Gasteiger partial charge in [0.1, 0.15) is 6.04 Å². The van der Waals surface area contributed by atoms with Gasteiger partial charge in [-0.1, -0.05) is 6.07 Å². The van der Waals surface area contributed by atoms with Gasteiger partial charge in [0, 0.05) is 6.04 Å². The zero-order valence-electron chi connectivity index (χ0n) is 10.1. The lowest BCUT2D eigenvalue weighted by atomic mass is 10.0. The highest BCUT2D eigenvalue weighted by Crippen LogP contribution is 2.33. The van der Waals surface area contributed by atoms with E-state index in [4.69, 9.17) is 0 Å². The second-order valence-corrected chi connectivity index (χ2v) is 4.82. The number of rotatable bonds is 4. The number of aromatic amines is 1. The molecule has 1 aromatic heterocycles. The van der Waals surface area contributed by atoms with E-state index in [-0.39, 0.29) is 0 Å². The number of hydrogen-bond donors (Lipinski definition) is 2. The van der Waals surface area contributed by atoms with Gasteiger partial charge < -0.3 is 10.1 Å². The fourth-order valence-corrected chi connectivity index (χ4v) is 2.37. The number of nitrogens with zero attached hydrogens (tertiary/aromatic N) is 2. The number of nitrogens with one attached hydrogen (secondary N) is 1. The molecule has 0 spiro atoms. The Bertz CT molecular complexity index is 589. The van der Waals surface area contributed by atoms with Crippen LogP contribution in [-0.2, 0) is 4.79 Å². The van der Waals surface area contributed by atoms with Gasteiger partial charge in [-0.05, 0) is 37.6 Å². The molecule has 94 valence electrons. The minimum atomic E-state index is -0.803. The van der Waals surface area contributed by atoms with E-state index in [1.807, 2.05) is 30.1 Å². The van der Waals surface area contributed by atoms with Crippen LogP contribution in [0.5, 0.6) is 0 Å². The highest BCUT2D eigenvalue weighted by molar-refractivity contribution is 5.80. The van der Waals surface area contributed by atoms with Gasteiger partial charge in [0.25, 0.3) is 0 Å². The van der Waals surface area contributed by atoms with Gasteiger partial charge in [-0.3, -0.25) is 9.69 Å². The van der Waals surface area contributed by atoms with Crippen molar-refractivity contribution in [2.45, 2.75) is 24.9 Å². The topological polar surface area (TPSA) is 69.2 Å². The summed E-state index contributed by atoms with van der Waals surface area (Å²) in [6.45, 7) is 0. The molecule has 0 saturated heterocycles. The lowest BCUT2D eigenvalue weighted by molar-refractivity contribution is -0.143. The van der Waals surface area contributed by atoms with Gasteiger partial charge in [0.15, 0.2) is 0 Å². The van der Waals surface area contributed by atoms with Crippen molar-refractivity contribution in [3.63, 3.8) is 0 Å². The summed E-state index contributed by atoms with van der Waals surface area (Å²) in [6, 6.07) is 5.41. The molecule has 2 aromatic rings. The Morgan fingerprint density at radius 3 is 3.00 bits per heavy atom. The predicted molar refractivity (Wildman–Crippen MR) is 67.3 cm³/mol. The van der Waals surface area contributed by atoms with E-state index < -0.39 is 12.0 Å². The summed E-state index contributed by atoms with van der Waals surface area (Å²) in [7, 11) is 1.88. The van der Waals surface area contributed by atoms with Crippen molar-refractivity contribution in [1.29, 1.82) is 0 Å². The first-order chi connectivity index (χ1) is 8.66. The molecule has 1 unspecified atom stereocenters. The highest BCUT2D eigenvalue weighted by Gasteiger charge is 2.35. The molecule has 0 aliphatic heterocycles.